The van der Waals surface area contributed by atoms with Crippen molar-refractivity contribution in [2.75, 3.05) is 45.9 Å². The zero-order chi connectivity index (χ0) is 42.1. The Morgan fingerprint density at radius 1 is 0.448 bits per heavy atom. The smallest absolute Gasteiger partial charge is 0.305 e. The van der Waals surface area contributed by atoms with Gasteiger partial charge in [0.1, 0.15) is 0 Å². The van der Waals surface area contributed by atoms with Crippen LogP contribution in [0.1, 0.15) is 258 Å². The molecular weight excluding hydrogens is 715 g/mol. The molecule has 0 aliphatic heterocycles. The van der Waals surface area contributed by atoms with Gasteiger partial charge in [0, 0.05) is 26.1 Å². The summed E-state index contributed by atoms with van der Waals surface area (Å²) >= 11 is 0. The van der Waals surface area contributed by atoms with E-state index in [1.54, 1.807) is 0 Å². The first-order chi connectivity index (χ1) is 28.6. The molecule has 0 aromatic heterocycles. The number of nitrogens with zero attached hydrogens (tertiary/aromatic N) is 2. The number of aliphatic hydroxyl groups is 1. The van der Waals surface area contributed by atoms with Crippen LogP contribution >= 0.6 is 0 Å². The predicted octanol–water partition coefficient (Wildman–Crippen LogP) is 15.0. The van der Waals surface area contributed by atoms with Gasteiger partial charge < -0.3 is 14.7 Å². The number of ether oxygens (including phenoxy) is 1. The first kappa shape index (κ1) is 56.8. The van der Waals surface area contributed by atoms with Crippen molar-refractivity contribution in [2.24, 2.45) is 5.84 Å². The van der Waals surface area contributed by atoms with Gasteiger partial charge >= 0.3 is 5.97 Å². The highest BCUT2D eigenvalue weighted by atomic mass is 16.5. The molecule has 0 aromatic carbocycles. The monoisotopic (exact) mass is 818 g/mol. The van der Waals surface area contributed by atoms with E-state index in [1.165, 1.54) is 205 Å². The number of esters is 1. The standard InChI is InChI=1S/C52H103N3O3/c1-3-5-7-9-11-13-15-16-17-18-19-20-21-27-33-39-45-54(49-50-56)46-40-34-28-23-24-31-37-43-51-58-52(57)44-38-32-26-25-30-36-42-48-55(53)47-41-35-29-22-14-12-10-8-6-4-2/h11,13,16-17,56H,3-10,12,14-15,18-51,53H2,1-2H3/b13-11-,17-16-. The van der Waals surface area contributed by atoms with E-state index in [2.05, 4.69) is 43.1 Å². The highest BCUT2D eigenvalue weighted by Crippen LogP contribution is 2.14. The highest BCUT2D eigenvalue weighted by molar-refractivity contribution is 5.69. The van der Waals surface area contributed by atoms with Gasteiger partial charge in [-0.15, -0.1) is 0 Å². The van der Waals surface area contributed by atoms with Crippen molar-refractivity contribution in [1.29, 1.82) is 0 Å². The molecule has 0 fully saturated rings. The minimum absolute atomic E-state index is 0.00768. The van der Waals surface area contributed by atoms with Crippen LogP contribution in [0.2, 0.25) is 0 Å². The van der Waals surface area contributed by atoms with Gasteiger partial charge in [-0.05, 0) is 83.7 Å². The molecule has 0 unspecified atom stereocenters. The third-order valence-corrected chi connectivity index (χ3v) is 11.8. The maximum absolute atomic E-state index is 12.1. The Labute approximate surface area is 363 Å². The van der Waals surface area contributed by atoms with E-state index in [0.717, 1.165) is 64.8 Å². The molecule has 0 saturated carbocycles. The van der Waals surface area contributed by atoms with Gasteiger partial charge in [-0.1, -0.05) is 205 Å². The number of nitrogens with two attached hydrogens (primary N) is 1. The summed E-state index contributed by atoms with van der Waals surface area (Å²) in [5, 5.41) is 11.6. The molecule has 0 spiro atoms. The quantitative estimate of drug-likeness (QED) is 0.0209. The molecule has 0 bridgehead atoms. The van der Waals surface area contributed by atoms with Crippen LogP contribution in [0.4, 0.5) is 0 Å². The lowest BCUT2D eigenvalue weighted by atomic mass is 10.1. The fraction of sp³-hybridized carbons (Fsp3) is 0.904. The Bertz CT molecular complexity index is 850. The molecule has 6 nitrogen and oxygen atoms in total. The molecule has 0 radical (unpaired) electrons. The average molecular weight is 818 g/mol. The lowest BCUT2D eigenvalue weighted by molar-refractivity contribution is -0.143. The Morgan fingerprint density at radius 2 is 0.810 bits per heavy atom. The summed E-state index contributed by atoms with van der Waals surface area (Å²) < 4.78 is 5.50. The molecule has 0 amide bonds. The van der Waals surface area contributed by atoms with Crippen LogP contribution in [0, 0.1) is 0 Å². The van der Waals surface area contributed by atoms with Crippen LogP contribution in [0.3, 0.4) is 0 Å². The van der Waals surface area contributed by atoms with Crippen LogP contribution in [0.25, 0.3) is 0 Å². The first-order valence-corrected chi connectivity index (χ1v) is 25.9. The summed E-state index contributed by atoms with van der Waals surface area (Å²) in [6.45, 7) is 10.5. The topological polar surface area (TPSA) is 79.0 Å². The van der Waals surface area contributed by atoms with E-state index in [0.29, 0.717) is 13.0 Å². The Kier molecular flexibility index (Phi) is 49.1. The minimum Gasteiger partial charge on any atom is -0.466 e. The van der Waals surface area contributed by atoms with Gasteiger partial charge in [-0.25, -0.2) is 5.01 Å². The molecule has 0 atom stereocenters. The number of carbonyl (C=O) groups is 1. The number of hydrazine groups is 1. The summed E-state index contributed by atoms with van der Waals surface area (Å²) in [6, 6.07) is 0. The molecule has 0 saturated heterocycles. The SMILES string of the molecule is CCCCC/C=C\C/C=C\CCCCCCCCN(CCO)CCCCCCCCCCOC(=O)CCCCCCCCCN(N)CCCCCCCCCCCC. The zero-order valence-electron chi connectivity index (χ0n) is 39.4. The van der Waals surface area contributed by atoms with E-state index in [4.69, 9.17) is 10.6 Å². The Morgan fingerprint density at radius 3 is 1.28 bits per heavy atom. The van der Waals surface area contributed by atoms with Crippen molar-refractivity contribution in [3.05, 3.63) is 24.3 Å². The highest BCUT2D eigenvalue weighted by Gasteiger charge is 2.06. The number of rotatable bonds is 49. The molecule has 58 heavy (non-hydrogen) atoms. The molecule has 0 aliphatic carbocycles. The molecule has 0 heterocycles. The minimum atomic E-state index is -0.00768. The van der Waals surface area contributed by atoms with Crippen molar-refractivity contribution >= 4 is 5.97 Å². The second-order valence-corrected chi connectivity index (χ2v) is 17.6. The van der Waals surface area contributed by atoms with Crippen molar-refractivity contribution in [3.8, 4) is 0 Å². The number of aliphatic hydroxyl groups excluding tert-OH is 1. The predicted molar refractivity (Wildman–Crippen MR) is 255 cm³/mol. The number of carbonyl (C=O) groups excluding carboxylic acids is 1. The Hall–Kier alpha value is -1.21. The van der Waals surface area contributed by atoms with Crippen LogP contribution < -0.4 is 5.84 Å². The molecule has 344 valence electrons. The fourth-order valence-corrected chi connectivity index (χ4v) is 7.94. The largest absolute Gasteiger partial charge is 0.466 e. The second-order valence-electron chi connectivity index (χ2n) is 17.6. The number of unbranched alkanes of at least 4 members (excludes halogenated alkanes) is 31. The summed E-state index contributed by atoms with van der Waals surface area (Å²) in [6.07, 6.45) is 57.3. The van der Waals surface area contributed by atoms with Gasteiger partial charge in [-0.2, -0.15) is 0 Å². The zero-order valence-corrected chi connectivity index (χ0v) is 39.4. The Balaban J connectivity index is 3.45. The van der Waals surface area contributed by atoms with Crippen molar-refractivity contribution in [3.63, 3.8) is 0 Å². The van der Waals surface area contributed by atoms with E-state index in [-0.39, 0.29) is 12.6 Å². The summed E-state index contributed by atoms with van der Waals surface area (Å²) in [7, 11) is 0. The molecule has 6 heteroatoms. The number of allylic oxidation sites excluding steroid dienone is 4. The summed E-state index contributed by atoms with van der Waals surface area (Å²) in [5.41, 5.74) is 0. The second kappa shape index (κ2) is 50.1. The lowest BCUT2D eigenvalue weighted by Crippen LogP contribution is -2.32. The molecule has 0 aliphatic rings. The first-order valence-electron chi connectivity index (χ1n) is 25.9. The van der Waals surface area contributed by atoms with Gasteiger partial charge in [0.25, 0.3) is 0 Å². The van der Waals surface area contributed by atoms with Crippen LogP contribution in [0.15, 0.2) is 24.3 Å². The van der Waals surface area contributed by atoms with Crippen molar-refractivity contribution in [2.45, 2.75) is 258 Å². The number of hydrogen-bond donors (Lipinski definition) is 2. The van der Waals surface area contributed by atoms with E-state index in [9.17, 15) is 9.90 Å². The maximum atomic E-state index is 12.1. The van der Waals surface area contributed by atoms with Crippen molar-refractivity contribution in [1.82, 2.24) is 9.91 Å². The third-order valence-electron chi connectivity index (χ3n) is 11.8. The van der Waals surface area contributed by atoms with E-state index >= 15 is 0 Å². The van der Waals surface area contributed by atoms with E-state index < -0.39 is 0 Å². The van der Waals surface area contributed by atoms with Gasteiger partial charge in [0.15, 0.2) is 0 Å². The average Bonchev–Trinajstić information content (AvgIpc) is 3.22. The summed E-state index contributed by atoms with van der Waals surface area (Å²) in [5.74, 6) is 6.20. The molecular formula is C52H103N3O3. The maximum Gasteiger partial charge on any atom is 0.305 e. The fourth-order valence-electron chi connectivity index (χ4n) is 7.94. The molecule has 3 N–H and O–H groups in total. The third kappa shape index (κ3) is 47.5. The number of hydrogen-bond acceptors (Lipinski definition) is 6. The molecule has 0 rings (SSSR count). The van der Waals surface area contributed by atoms with Gasteiger partial charge in [-0.3, -0.25) is 10.6 Å². The normalized spacial score (nSPS) is 12.0. The van der Waals surface area contributed by atoms with Crippen LogP contribution in [-0.2, 0) is 9.53 Å². The van der Waals surface area contributed by atoms with Crippen molar-refractivity contribution < 1.29 is 14.6 Å². The molecule has 0 aromatic rings. The van der Waals surface area contributed by atoms with E-state index in [1.807, 2.05) is 5.01 Å². The van der Waals surface area contributed by atoms with Gasteiger partial charge in [0.05, 0.1) is 13.2 Å². The van der Waals surface area contributed by atoms with Gasteiger partial charge in [0.2, 0.25) is 0 Å². The van der Waals surface area contributed by atoms with Crippen LogP contribution in [0.5, 0.6) is 0 Å². The summed E-state index contributed by atoms with van der Waals surface area (Å²) in [4.78, 5) is 14.6. The van der Waals surface area contributed by atoms with Crippen LogP contribution in [-0.4, -0.2) is 66.9 Å². The lowest BCUT2D eigenvalue weighted by Gasteiger charge is -2.21.